The molecule has 0 bridgehead atoms. The molecule has 0 spiro atoms. The van der Waals surface area contributed by atoms with Crippen LogP contribution in [0, 0.1) is 0 Å². The van der Waals surface area contributed by atoms with E-state index in [1.54, 1.807) is 11.3 Å². The SMILES string of the molecule is O=C(Cc1cccs1)N1CCc2nc(N3CCCCC3)nc(Oc3ccccc3)c2C1. The van der Waals surface area contributed by atoms with Crippen molar-refractivity contribution in [3.8, 4) is 11.6 Å². The van der Waals surface area contributed by atoms with Gasteiger partial charge in [-0.1, -0.05) is 24.3 Å². The lowest BCUT2D eigenvalue weighted by atomic mass is 10.1. The highest BCUT2D eigenvalue weighted by atomic mass is 32.1. The maximum absolute atomic E-state index is 12.9. The van der Waals surface area contributed by atoms with Crippen LogP contribution in [0.15, 0.2) is 47.8 Å². The van der Waals surface area contributed by atoms with Crippen LogP contribution in [0.2, 0.25) is 0 Å². The molecule has 2 aromatic heterocycles. The summed E-state index contributed by atoms with van der Waals surface area (Å²) in [7, 11) is 0. The van der Waals surface area contributed by atoms with E-state index >= 15 is 0 Å². The van der Waals surface area contributed by atoms with Crippen molar-refractivity contribution in [1.82, 2.24) is 14.9 Å². The molecule has 5 rings (SSSR count). The van der Waals surface area contributed by atoms with Gasteiger partial charge in [0.2, 0.25) is 17.7 Å². The fourth-order valence-electron chi connectivity index (χ4n) is 4.18. The van der Waals surface area contributed by atoms with Crippen LogP contribution >= 0.6 is 11.3 Å². The molecule has 2 aliphatic rings. The summed E-state index contributed by atoms with van der Waals surface area (Å²) in [6.45, 7) is 3.13. The van der Waals surface area contributed by atoms with Crippen LogP contribution in [0.25, 0.3) is 0 Å². The summed E-state index contributed by atoms with van der Waals surface area (Å²) in [5.41, 5.74) is 1.93. The molecule has 7 heteroatoms. The van der Waals surface area contributed by atoms with Crippen molar-refractivity contribution in [3.05, 3.63) is 64.0 Å². The molecule has 3 aromatic rings. The monoisotopic (exact) mass is 434 g/mol. The second-order valence-corrected chi connectivity index (χ2v) is 9.07. The number of aromatic nitrogens is 2. The van der Waals surface area contributed by atoms with Crippen LogP contribution in [-0.4, -0.2) is 40.4 Å². The van der Waals surface area contributed by atoms with Crippen LogP contribution in [-0.2, 0) is 24.2 Å². The third-order valence-electron chi connectivity index (χ3n) is 5.87. The van der Waals surface area contributed by atoms with Crippen LogP contribution < -0.4 is 9.64 Å². The standard InChI is InChI=1S/C24H26N4O2S/c29-22(16-19-10-7-15-31-19)28-14-11-21-20(17-28)23(30-18-8-3-1-4-9-18)26-24(25-21)27-12-5-2-6-13-27/h1,3-4,7-10,15H,2,5-6,11-14,16-17H2. The van der Waals surface area contributed by atoms with Crippen molar-refractivity contribution in [3.63, 3.8) is 0 Å². The highest BCUT2D eigenvalue weighted by molar-refractivity contribution is 7.10. The number of thiophene rings is 1. The number of amides is 1. The van der Waals surface area contributed by atoms with E-state index in [0.29, 0.717) is 25.4 Å². The number of fused-ring (bicyclic) bond motifs is 1. The first-order valence-corrected chi connectivity index (χ1v) is 11.8. The molecule has 1 saturated heterocycles. The zero-order valence-corrected chi connectivity index (χ0v) is 18.3. The summed E-state index contributed by atoms with van der Waals surface area (Å²) >= 11 is 1.62. The minimum Gasteiger partial charge on any atom is -0.438 e. The van der Waals surface area contributed by atoms with Gasteiger partial charge in [-0.3, -0.25) is 4.79 Å². The van der Waals surface area contributed by atoms with Gasteiger partial charge < -0.3 is 14.5 Å². The van der Waals surface area contributed by atoms with Crippen molar-refractivity contribution in [1.29, 1.82) is 0 Å². The van der Waals surface area contributed by atoms with Gasteiger partial charge in [0.25, 0.3) is 0 Å². The number of hydrogen-bond donors (Lipinski definition) is 0. The second kappa shape index (κ2) is 9.06. The first-order chi connectivity index (χ1) is 15.3. The highest BCUT2D eigenvalue weighted by Gasteiger charge is 2.28. The maximum atomic E-state index is 12.9. The van der Waals surface area contributed by atoms with E-state index in [-0.39, 0.29) is 5.91 Å². The number of carbonyl (C=O) groups excluding carboxylic acids is 1. The van der Waals surface area contributed by atoms with Gasteiger partial charge in [-0.2, -0.15) is 4.98 Å². The summed E-state index contributed by atoms with van der Waals surface area (Å²) in [5.74, 6) is 2.21. The topological polar surface area (TPSA) is 58.6 Å². The fraction of sp³-hybridized carbons (Fsp3) is 0.375. The van der Waals surface area contributed by atoms with Gasteiger partial charge in [0.05, 0.1) is 24.2 Å². The highest BCUT2D eigenvalue weighted by Crippen LogP contribution is 2.32. The number of benzene rings is 1. The summed E-state index contributed by atoms with van der Waals surface area (Å²) in [6, 6.07) is 13.7. The number of piperidine rings is 1. The minimum atomic E-state index is 0.138. The summed E-state index contributed by atoms with van der Waals surface area (Å²) in [4.78, 5) is 27.9. The van der Waals surface area contributed by atoms with E-state index in [4.69, 9.17) is 14.7 Å². The third kappa shape index (κ3) is 4.56. The molecule has 160 valence electrons. The number of hydrogen-bond acceptors (Lipinski definition) is 6. The molecule has 1 aromatic carbocycles. The molecule has 0 atom stereocenters. The zero-order chi connectivity index (χ0) is 21.0. The molecule has 0 N–H and O–H groups in total. The van der Waals surface area contributed by atoms with Gasteiger partial charge in [0.15, 0.2) is 0 Å². The van der Waals surface area contributed by atoms with Crippen molar-refractivity contribution in [2.45, 2.75) is 38.6 Å². The molecule has 0 aliphatic carbocycles. The largest absolute Gasteiger partial charge is 0.438 e. The Labute approximate surface area is 186 Å². The van der Waals surface area contributed by atoms with Gasteiger partial charge in [0, 0.05) is 30.9 Å². The molecule has 6 nitrogen and oxygen atoms in total. The molecular weight excluding hydrogens is 408 g/mol. The number of carbonyl (C=O) groups is 1. The first kappa shape index (κ1) is 20.0. The molecule has 1 amide bonds. The third-order valence-corrected chi connectivity index (χ3v) is 6.74. The van der Waals surface area contributed by atoms with Crippen LogP contribution in [0.1, 0.15) is 35.4 Å². The van der Waals surface area contributed by atoms with Gasteiger partial charge in [0.1, 0.15) is 5.75 Å². The maximum Gasteiger partial charge on any atom is 0.229 e. The quantitative estimate of drug-likeness (QED) is 0.594. The van der Waals surface area contributed by atoms with Gasteiger partial charge in [-0.25, -0.2) is 4.98 Å². The Kier molecular flexibility index (Phi) is 5.84. The number of ether oxygens (including phenoxy) is 1. The Morgan fingerprint density at radius 2 is 1.84 bits per heavy atom. The lowest BCUT2D eigenvalue weighted by molar-refractivity contribution is -0.131. The molecule has 0 radical (unpaired) electrons. The average Bonchev–Trinajstić information content (AvgIpc) is 3.33. The predicted octanol–water partition coefficient (Wildman–Crippen LogP) is 4.45. The zero-order valence-electron chi connectivity index (χ0n) is 17.5. The minimum absolute atomic E-state index is 0.138. The van der Waals surface area contributed by atoms with Crippen molar-refractivity contribution >= 4 is 23.2 Å². The number of nitrogens with zero attached hydrogens (tertiary/aromatic N) is 4. The summed E-state index contributed by atoms with van der Waals surface area (Å²) in [6.07, 6.45) is 4.76. The van der Waals surface area contributed by atoms with Crippen LogP contribution in [0.5, 0.6) is 11.6 Å². The molecule has 31 heavy (non-hydrogen) atoms. The van der Waals surface area contributed by atoms with Crippen molar-refractivity contribution in [2.75, 3.05) is 24.5 Å². The predicted molar refractivity (Wildman–Crippen MR) is 122 cm³/mol. The second-order valence-electron chi connectivity index (χ2n) is 8.04. The molecule has 4 heterocycles. The molecule has 0 unspecified atom stereocenters. The van der Waals surface area contributed by atoms with E-state index in [9.17, 15) is 4.79 Å². The van der Waals surface area contributed by atoms with E-state index < -0.39 is 0 Å². The van der Waals surface area contributed by atoms with E-state index in [1.807, 2.05) is 52.7 Å². The lowest BCUT2D eigenvalue weighted by Gasteiger charge is -2.32. The lowest BCUT2D eigenvalue weighted by Crippen LogP contribution is -2.38. The van der Waals surface area contributed by atoms with Gasteiger partial charge >= 0.3 is 0 Å². The summed E-state index contributed by atoms with van der Waals surface area (Å²) < 4.78 is 6.23. The molecule has 1 fully saturated rings. The smallest absolute Gasteiger partial charge is 0.229 e. The Morgan fingerprint density at radius 1 is 1.00 bits per heavy atom. The molecule has 0 saturated carbocycles. The van der Waals surface area contributed by atoms with Crippen molar-refractivity contribution in [2.24, 2.45) is 0 Å². The van der Waals surface area contributed by atoms with Crippen molar-refractivity contribution < 1.29 is 9.53 Å². The van der Waals surface area contributed by atoms with Gasteiger partial charge in [-0.15, -0.1) is 11.3 Å². The molecule has 2 aliphatic heterocycles. The summed E-state index contributed by atoms with van der Waals surface area (Å²) in [5, 5.41) is 2.01. The molecular formula is C24H26N4O2S. The Hall–Kier alpha value is -2.93. The first-order valence-electron chi connectivity index (χ1n) is 10.9. The van der Waals surface area contributed by atoms with E-state index in [1.165, 1.54) is 19.3 Å². The van der Waals surface area contributed by atoms with E-state index in [0.717, 1.165) is 47.3 Å². The number of rotatable bonds is 5. The number of para-hydroxylation sites is 1. The average molecular weight is 435 g/mol. The van der Waals surface area contributed by atoms with Crippen LogP contribution in [0.3, 0.4) is 0 Å². The Morgan fingerprint density at radius 3 is 2.61 bits per heavy atom. The fourth-order valence-corrected chi connectivity index (χ4v) is 4.87. The Balaban J connectivity index is 1.44. The normalized spacial score (nSPS) is 16.1. The van der Waals surface area contributed by atoms with E-state index in [2.05, 4.69) is 4.90 Å². The number of anilines is 1. The Bertz CT molecular complexity index is 1030. The van der Waals surface area contributed by atoms with Gasteiger partial charge in [-0.05, 0) is 42.8 Å². The van der Waals surface area contributed by atoms with Crippen LogP contribution in [0.4, 0.5) is 5.95 Å².